The molecule has 1 N–H and O–H groups in total. The van der Waals surface area contributed by atoms with Crippen LogP contribution in [-0.4, -0.2) is 48.6 Å². The van der Waals surface area contributed by atoms with Crippen LogP contribution in [0.1, 0.15) is 38.5 Å². The summed E-state index contributed by atoms with van der Waals surface area (Å²) in [5.74, 6) is 0.843. The molecule has 0 atom stereocenters. The second-order valence-corrected chi connectivity index (χ2v) is 7.03. The van der Waals surface area contributed by atoms with Crippen LogP contribution in [0, 0.1) is 11.1 Å². The van der Waals surface area contributed by atoms with Crippen LogP contribution < -0.4 is 10.0 Å². The molecule has 6 nitrogen and oxygen atoms in total. The van der Waals surface area contributed by atoms with Crippen molar-refractivity contribution in [2.45, 2.75) is 38.5 Å². The Labute approximate surface area is 144 Å². The van der Waals surface area contributed by atoms with E-state index in [0.717, 1.165) is 38.5 Å². The van der Waals surface area contributed by atoms with E-state index in [2.05, 4.69) is 10.2 Å². The first-order valence-corrected chi connectivity index (χ1v) is 9.18. The van der Waals surface area contributed by atoms with E-state index in [1.54, 1.807) is 12.1 Å². The standard InChI is InChI=1S/C18H28N4O2/c23-18(19-17-8-4-11-22(24)15-17)21-10-5-9-20(12-13-21)14-16-6-2-1-3-7-16/h4,8,11,15-16H,1-3,5-7,9-10,12-14H2,(H,19,23). The summed E-state index contributed by atoms with van der Waals surface area (Å²) in [6.45, 7) is 4.73. The average molecular weight is 332 g/mol. The molecular formula is C18H28N4O2. The topological polar surface area (TPSA) is 62.5 Å². The summed E-state index contributed by atoms with van der Waals surface area (Å²) in [6, 6.07) is 3.26. The third-order valence-corrected chi connectivity index (χ3v) is 5.14. The molecular weight excluding hydrogens is 304 g/mol. The van der Waals surface area contributed by atoms with Crippen molar-refractivity contribution in [1.82, 2.24) is 9.80 Å². The van der Waals surface area contributed by atoms with Gasteiger partial charge in [-0.05, 0) is 37.8 Å². The Morgan fingerprint density at radius 2 is 2.00 bits per heavy atom. The summed E-state index contributed by atoms with van der Waals surface area (Å²) in [7, 11) is 0. The van der Waals surface area contributed by atoms with Gasteiger partial charge in [0.05, 0.1) is 0 Å². The second kappa shape index (κ2) is 8.33. The van der Waals surface area contributed by atoms with Crippen molar-refractivity contribution in [3.8, 4) is 0 Å². The van der Waals surface area contributed by atoms with Gasteiger partial charge in [-0.25, -0.2) is 4.79 Å². The van der Waals surface area contributed by atoms with Crippen LogP contribution in [0.4, 0.5) is 10.5 Å². The van der Waals surface area contributed by atoms with E-state index in [1.807, 2.05) is 4.90 Å². The van der Waals surface area contributed by atoms with E-state index in [9.17, 15) is 10.0 Å². The Bertz CT molecular complexity index is 546. The van der Waals surface area contributed by atoms with Gasteiger partial charge in [-0.15, -0.1) is 0 Å². The summed E-state index contributed by atoms with van der Waals surface area (Å²) in [6.07, 6.45) is 10.7. The van der Waals surface area contributed by atoms with E-state index < -0.39 is 0 Å². The normalized spacial score (nSPS) is 20.6. The highest BCUT2D eigenvalue weighted by molar-refractivity contribution is 5.88. The lowest BCUT2D eigenvalue weighted by molar-refractivity contribution is -0.604. The number of amides is 2. The zero-order chi connectivity index (χ0) is 16.8. The van der Waals surface area contributed by atoms with Crippen LogP contribution in [0.3, 0.4) is 0 Å². The molecule has 2 heterocycles. The maximum atomic E-state index is 12.4. The highest BCUT2D eigenvalue weighted by Gasteiger charge is 2.22. The van der Waals surface area contributed by atoms with Crippen molar-refractivity contribution in [3.63, 3.8) is 0 Å². The zero-order valence-corrected chi connectivity index (χ0v) is 14.3. The number of aromatic nitrogens is 1. The molecule has 1 aliphatic carbocycles. The average Bonchev–Trinajstić information content (AvgIpc) is 2.81. The number of hydrogen-bond donors (Lipinski definition) is 1. The smallest absolute Gasteiger partial charge is 0.322 e. The van der Waals surface area contributed by atoms with Gasteiger partial charge in [-0.1, -0.05) is 19.3 Å². The molecule has 0 bridgehead atoms. The molecule has 0 aromatic carbocycles. The second-order valence-electron chi connectivity index (χ2n) is 7.03. The number of carbonyl (C=O) groups is 1. The number of rotatable bonds is 3. The molecule has 2 aliphatic rings. The first kappa shape index (κ1) is 17.0. The summed E-state index contributed by atoms with van der Waals surface area (Å²) >= 11 is 0. The number of anilines is 1. The molecule has 1 aromatic rings. The lowest BCUT2D eigenvalue weighted by atomic mass is 9.89. The fourth-order valence-electron chi connectivity index (χ4n) is 3.82. The van der Waals surface area contributed by atoms with Gasteiger partial charge in [0, 0.05) is 32.2 Å². The Morgan fingerprint density at radius 1 is 1.17 bits per heavy atom. The Morgan fingerprint density at radius 3 is 2.79 bits per heavy atom. The monoisotopic (exact) mass is 332 g/mol. The van der Waals surface area contributed by atoms with Crippen LogP contribution in [0.15, 0.2) is 24.5 Å². The molecule has 6 heteroatoms. The number of carbonyl (C=O) groups excluding carboxylic acids is 1. The van der Waals surface area contributed by atoms with Gasteiger partial charge in [0.2, 0.25) is 6.20 Å². The summed E-state index contributed by atoms with van der Waals surface area (Å²) in [5, 5.41) is 14.1. The quantitative estimate of drug-likeness (QED) is 0.683. The Kier molecular flexibility index (Phi) is 5.91. The number of nitrogens with one attached hydrogen (secondary N) is 1. The highest BCUT2D eigenvalue weighted by Crippen LogP contribution is 2.24. The summed E-state index contributed by atoms with van der Waals surface area (Å²) in [4.78, 5) is 16.8. The van der Waals surface area contributed by atoms with Crippen LogP contribution >= 0.6 is 0 Å². The highest BCUT2D eigenvalue weighted by atomic mass is 16.5. The van der Waals surface area contributed by atoms with Gasteiger partial charge >= 0.3 is 6.03 Å². The van der Waals surface area contributed by atoms with E-state index in [-0.39, 0.29) is 6.03 Å². The fraction of sp³-hybridized carbons (Fsp3) is 0.667. The molecule has 2 amide bonds. The number of pyridine rings is 1. The predicted octanol–water partition coefficient (Wildman–Crippen LogP) is 2.44. The molecule has 132 valence electrons. The predicted molar refractivity (Wildman–Crippen MR) is 93.6 cm³/mol. The molecule has 1 aliphatic heterocycles. The van der Waals surface area contributed by atoms with Crippen molar-refractivity contribution < 1.29 is 9.52 Å². The number of urea groups is 1. The Hall–Kier alpha value is -1.82. The third-order valence-electron chi connectivity index (χ3n) is 5.14. The van der Waals surface area contributed by atoms with Gasteiger partial charge in [0.25, 0.3) is 0 Å². The lowest BCUT2D eigenvalue weighted by Gasteiger charge is -2.28. The minimum atomic E-state index is -0.110. The van der Waals surface area contributed by atoms with Crippen molar-refractivity contribution in [2.24, 2.45) is 5.92 Å². The number of hydrogen-bond acceptors (Lipinski definition) is 3. The molecule has 24 heavy (non-hydrogen) atoms. The van der Waals surface area contributed by atoms with E-state index >= 15 is 0 Å². The first-order chi connectivity index (χ1) is 11.7. The Balaban J connectivity index is 1.48. The van der Waals surface area contributed by atoms with Crippen molar-refractivity contribution in [1.29, 1.82) is 0 Å². The zero-order valence-electron chi connectivity index (χ0n) is 14.3. The largest absolute Gasteiger partial charge is 0.619 e. The third kappa shape index (κ3) is 4.84. The molecule has 0 unspecified atom stereocenters. The molecule has 1 saturated heterocycles. The molecule has 0 radical (unpaired) electrons. The SMILES string of the molecule is O=C(Nc1ccc[n+]([O-])c1)N1CCCN(CC2CCCCC2)CC1. The maximum absolute atomic E-state index is 12.4. The van der Waals surface area contributed by atoms with Gasteiger partial charge in [-0.3, -0.25) is 0 Å². The first-order valence-electron chi connectivity index (χ1n) is 9.18. The molecule has 3 rings (SSSR count). The van der Waals surface area contributed by atoms with Gasteiger partial charge in [0.1, 0.15) is 5.69 Å². The molecule has 0 spiro atoms. The molecule has 1 saturated carbocycles. The van der Waals surface area contributed by atoms with Crippen LogP contribution in [0.2, 0.25) is 0 Å². The van der Waals surface area contributed by atoms with E-state index in [4.69, 9.17) is 0 Å². The number of nitrogens with zero attached hydrogens (tertiary/aromatic N) is 3. The minimum Gasteiger partial charge on any atom is -0.619 e. The fourth-order valence-corrected chi connectivity index (χ4v) is 3.82. The van der Waals surface area contributed by atoms with Gasteiger partial charge in [-0.2, -0.15) is 4.73 Å². The van der Waals surface area contributed by atoms with Crippen molar-refractivity contribution in [3.05, 3.63) is 29.7 Å². The van der Waals surface area contributed by atoms with Crippen molar-refractivity contribution >= 4 is 11.7 Å². The summed E-state index contributed by atoms with van der Waals surface area (Å²) in [5.41, 5.74) is 0.542. The lowest BCUT2D eigenvalue weighted by Crippen LogP contribution is -2.39. The maximum Gasteiger partial charge on any atom is 0.322 e. The van der Waals surface area contributed by atoms with Crippen molar-refractivity contribution in [2.75, 3.05) is 38.0 Å². The van der Waals surface area contributed by atoms with E-state index in [0.29, 0.717) is 10.4 Å². The van der Waals surface area contributed by atoms with E-state index in [1.165, 1.54) is 51.0 Å². The van der Waals surface area contributed by atoms with Gasteiger partial charge in [0.15, 0.2) is 6.20 Å². The molecule has 2 fully saturated rings. The van der Waals surface area contributed by atoms with Gasteiger partial charge < -0.3 is 20.3 Å². The molecule has 1 aromatic heterocycles. The van der Waals surface area contributed by atoms with Crippen LogP contribution in [0.5, 0.6) is 0 Å². The van der Waals surface area contributed by atoms with Crippen LogP contribution in [-0.2, 0) is 0 Å². The minimum absolute atomic E-state index is 0.110. The summed E-state index contributed by atoms with van der Waals surface area (Å²) < 4.78 is 0.698. The van der Waals surface area contributed by atoms with Crippen LogP contribution in [0.25, 0.3) is 0 Å².